The number of esters is 1. The van der Waals surface area contributed by atoms with Gasteiger partial charge < -0.3 is 14.2 Å². The maximum Gasteiger partial charge on any atom is 0.348 e. The molecular weight excluding hydrogens is 350 g/mol. The number of ether oxygens (including phenoxy) is 3. The van der Waals surface area contributed by atoms with E-state index in [2.05, 4.69) is 21.9 Å². The molecule has 0 aliphatic carbocycles. The van der Waals surface area contributed by atoms with Crippen molar-refractivity contribution in [3.8, 4) is 29.9 Å². The van der Waals surface area contributed by atoms with Gasteiger partial charge in [-0.2, -0.15) is 5.26 Å². The van der Waals surface area contributed by atoms with Crippen LogP contribution in [0.3, 0.4) is 0 Å². The van der Waals surface area contributed by atoms with Crippen molar-refractivity contribution in [2.45, 2.75) is 6.92 Å². The van der Waals surface area contributed by atoms with E-state index in [1.807, 2.05) is 6.07 Å². The third-order valence-corrected chi connectivity index (χ3v) is 3.07. The summed E-state index contributed by atoms with van der Waals surface area (Å²) >= 11 is 3.35. The fraction of sp³-hybridized carbons (Fsp3) is 0.250. The van der Waals surface area contributed by atoms with Gasteiger partial charge in [0.2, 0.25) is 0 Å². The molecule has 0 bridgehead atoms. The highest BCUT2D eigenvalue weighted by Gasteiger charge is 2.14. The van der Waals surface area contributed by atoms with Crippen molar-refractivity contribution in [2.75, 3.05) is 20.3 Å². The van der Waals surface area contributed by atoms with Crippen molar-refractivity contribution < 1.29 is 19.0 Å². The number of hydrogen-bond acceptors (Lipinski definition) is 5. The molecule has 5 nitrogen and oxygen atoms in total. The lowest BCUT2D eigenvalue weighted by Gasteiger charge is -2.12. The van der Waals surface area contributed by atoms with Crippen LogP contribution in [0.2, 0.25) is 0 Å². The summed E-state index contributed by atoms with van der Waals surface area (Å²) in [6, 6.07) is 5.13. The van der Waals surface area contributed by atoms with Gasteiger partial charge >= 0.3 is 5.97 Å². The molecule has 0 saturated carbocycles. The lowest BCUT2D eigenvalue weighted by Crippen LogP contribution is -2.06. The highest BCUT2D eigenvalue weighted by atomic mass is 79.9. The minimum atomic E-state index is -0.673. The number of nitrogens with zero attached hydrogens (tertiary/aromatic N) is 1. The summed E-state index contributed by atoms with van der Waals surface area (Å²) in [5, 5.41) is 9.04. The molecule has 0 atom stereocenters. The Hall–Kier alpha value is -2.44. The van der Waals surface area contributed by atoms with Crippen LogP contribution in [0.4, 0.5) is 0 Å². The van der Waals surface area contributed by atoms with Crippen LogP contribution >= 0.6 is 15.9 Å². The fourth-order valence-electron chi connectivity index (χ4n) is 1.59. The molecule has 1 rings (SSSR count). The molecule has 0 aliphatic rings. The molecule has 0 aliphatic heterocycles. The van der Waals surface area contributed by atoms with Crippen LogP contribution in [0.5, 0.6) is 11.5 Å². The molecule has 0 spiro atoms. The first-order valence-electron chi connectivity index (χ1n) is 6.30. The van der Waals surface area contributed by atoms with Crippen molar-refractivity contribution in [3.05, 3.63) is 27.7 Å². The van der Waals surface area contributed by atoms with Crippen molar-refractivity contribution in [1.29, 1.82) is 5.26 Å². The molecule has 0 fully saturated rings. The van der Waals surface area contributed by atoms with Gasteiger partial charge in [-0.1, -0.05) is 5.92 Å². The van der Waals surface area contributed by atoms with E-state index in [0.29, 0.717) is 21.5 Å². The van der Waals surface area contributed by atoms with E-state index >= 15 is 0 Å². The van der Waals surface area contributed by atoms with Crippen molar-refractivity contribution in [3.63, 3.8) is 0 Å². The third-order valence-electron chi connectivity index (χ3n) is 2.48. The van der Waals surface area contributed by atoms with Gasteiger partial charge in [0.05, 0.1) is 18.2 Å². The summed E-state index contributed by atoms with van der Waals surface area (Å²) in [6.07, 6.45) is 6.58. The van der Waals surface area contributed by atoms with Gasteiger partial charge in [-0.05, 0) is 46.6 Å². The maximum atomic E-state index is 11.6. The first-order chi connectivity index (χ1) is 10.6. The van der Waals surface area contributed by atoms with E-state index in [1.54, 1.807) is 19.1 Å². The molecule has 114 valence electrons. The lowest BCUT2D eigenvalue weighted by atomic mass is 10.1. The minimum absolute atomic E-state index is 0.0937. The largest absolute Gasteiger partial charge is 0.493 e. The SMILES string of the molecule is C#CCOc1c(Br)cc(/C=C(\C#N)C(=O)OCC)cc1OC. The Kier molecular flexibility index (Phi) is 7.01. The number of nitriles is 1. The van der Waals surface area contributed by atoms with E-state index < -0.39 is 5.97 Å². The van der Waals surface area contributed by atoms with Crippen LogP contribution in [0.1, 0.15) is 12.5 Å². The molecule has 0 unspecified atom stereocenters. The number of halogens is 1. The Labute approximate surface area is 137 Å². The fourth-order valence-corrected chi connectivity index (χ4v) is 2.16. The van der Waals surface area contributed by atoms with Crippen LogP contribution in [0.25, 0.3) is 6.08 Å². The summed E-state index contributed by atoms with van der Waals surface area (Å²) in [5.74, 6) is 2.57. The molecule has 0 aromatic heterocycles. The number of terminal acetylenes is 1. The van der Waals surface area contributed by atoms with E-state index in [1.165, 1.54) is 13.2 Å². The zero-order valence-electron chi connectivity index (χ0n) is 12.2. The highest BCUT2D eigenvalue weighted by molar-refractivity contribution is 9.10. The Bertz CT molecular complexity index is 668. The van der Waals surface area contributed by atoms with E-state index in [9.17, 15) is 4.79 Å². The smallest absolute Gasteiger partial charge is 0.348 e. The molecule has 0 N–H and O–H groups in total. The van der Waals surface area contributed by atoms with E-state index in [-0.39, 0.29) is 18.8 Å². The number of methoxy groups -OCH3 is 1. The van der Waals surface area contributed by atoms with Gasteiger partial charge in [-0.15, -0.1) is 6.42 Å². The van der Waals surface area contributed by atoms with Gasteiger partial charge in [0.15, 0.2) is 11.5 Å². The molecule has 0 amide bonds. The first kappa shape index (κ1) is 17.6. The number of hydrogen-bond donors (Lipinski definition) is 0. The normalized spacial score (nSPS) is 10.3. The Morgan fingerprint density at radius 3 is 2.77 bits per heavy atom. The highest BCUT2D eigenvalue weighted by Crippen LogP contribution is 2.37. The van der Waals surface area contributed by atoms with Gasteiger partial charge in [0.1, 0.15) is 18.2 Å². The van der Waals surface area contributed by atoms with E-state index in [0.717, 1.165) is 0 Å². The van der Waals surface area contributed by atoms with Crippen LogP contribution in [-0.4, -0.2) is 26.3 Å². The molecule has 22 heavy (non-hydrogen) atoms. The summed E-state index contributed by atoms with van der Waals surface area (Å²) in [4.78, 5) is 11.6. The van der Waals surface area contributed by atoms with E-state index in [4.69, 9.17) is 25.9 Å². The van der Waals surface area contributed by atoms with Crippen molar-refractivity contribution in [1.82, 2.24) is 0 Å². The minimum Gasteiger partial charge on any atom is -0.493 e. The van der Waals surface area contributed by atoms with Gasteiger partial charge in [-0.25, -0.2) is 4.79 Å². The van der Waals surface area contributed by atoms with Crippen LogP contribution in [-0.2, 0) is 9.53 Å². The molecular formula is C16H14BrNO4. The first-order valence-corrected chi connectivity index (χ1v) is 7.09. The zero-order chi connectivity index (χ0) is 16.5. The second kappa shape index (κ2) is 8.76. The summed E-state index contributed by atoms with van der Waals surface area (Å²) in [7, 11) is 1.48. The van der Waals surface area contributed by atoms with Crippen molar-refractivity contribution >= 4 is 28.0 Å². The van der Waals surface area contributed by atoms with Crippen LogP contribution < -0.4 is 9.47 Å². The number of carbonyl (C=O) groups is 1. The number of carbonyl (C=O) groups excluding carboxylic acids is 1. The molecule has 0 saturated heterocycles. The Balaban J connectivity index is 3.22. The zero-order valence-corrected chi connectivity index (χ0v) is 13.8. The van der Waals surface area contributed by atoms with Gasteiger partial charge in [0, 0.05) is 0 Å². The summed E-state index contributed by atoms with van der Waals surface area (Å²) < 4.78 is 16.0. The Morgan fingerprint density at radius 1 is 1.50 bits per heavy atom. The maximum absolute atomic E-state index is 11.6. The summed E-state index contributed by atoms with van der Waals surface area (Å²) in [5.41, 5.74) is 0.481. The molecule has 1 aromatic rings. The monoisotopic (exact) mass is 363 g/mol. The number of rotatable bonds is 6. The topological polar surface area (TPSA) is 68.5 Å². The standard InChI is InChI=1S/C16H14BrNO4/c1-4-6-22-15-13(17)8-11(9-14(15)20-3)7-12(10-18)16(19)21-5-2/h1,7-9H,5-6H2,2-3H3/b12-7+. The van der Waals surface area contributed by atoms with Crippen LogP contribution in [0, 0.1) is 23.7 Å². The average Bonchev–Trinajstić information content (AvgIpc) is 2.51. The molecule has 6 heteroatoms. The summed E-state index contributed by atoms with van der Waals surface area (Å²) in [6.45, 7) is 1.96. The molecule has 1 aromatic carbocycles. The predicted molar refractivity (Wildman–Crippen MR) is 85.2 cm³/mol. The van der Waals surface area contributed by atoms with Gasteiger partial charge in [0.25, 0.3) is 0 Å². The lowest BCUT2D eigenvalue weighted by molar-refractivity contribution is -0.137. The second-order valence-corrected chi connectivity index (χ2v) is 4.77. The Morgan fingerprint density at radius 2 is 2.23 bits per heavy atom. The average molecular weight is 364 g/mol. The quantitative estimate of drug-likeness (QED) is 0.336. The number of benzene rings is 1. The van der Waals surface area contributed by atoms with Gasteiger partial charge in [-0.3, -0.25) is 0 Å². The van der Waals surface area contributed by atoms with Crippen LogP contribution in [0.15, 0.2) is 22.2 Å². The molecule has 0 radical (unpaired) electrons. The second-order valence-electron chi connectivity index (χ2n) is 3.92. The molecule has 0 heterocycles. The third kappa shape index (κ3) is 4.54. The van der Waals surface area contributed by atoms with Crippen molar-refractivity contribution in [2.24, 2.45) is 0 Å². The predicted octanol–water partition coefficient (Wildman–Crippen LogP) is 2.94.